The van der Waals surface area contributed by atoms with Crippen molar-refractivity contribution in [3.63, 3.8) is 0 Å². The van der Waals surface area contributed by atoms with Gasteiger partial charge >= 0.3 is 6.09 Å². The van der Waals surface area contributed by atoms with Crippen molar-refractivity contribution in [3.05, 3.63) is 0 Å². The second kappa shape index (κ2) is 5.08. The Bertz CT molecular complexity index is 311. The predicted octanol–water partition coefficient (Wildman–Crippen LogP) is 2.55. The molecule has 1 saturated carbocycles. The summed E-state index contributed by atoms with van der Waals surface area (Å²) in [5, 5.41) is 9.80. The highest BCUT2D eigenvalue weighted by atomic mass is 16.6. The topological polar surface area (TPSA) is 49.8 Å². The predicted molar refractivity (Wildman–Crippen MR) is 69.3 cm³/mol. The number of amides is 1. The maximum atomic E-state index is 12.2. The van der Waals surface area contributed by atoms with Crippen molar-refractivity contribution in [3.8, 4) is 0 Å². The van der Waals surface area contributed by atoms with Gasteiger partial charge in [-0.3, -0.25) is 0 Å². The number of hydrogen-bond donors (Lipinski definition) is 1. The first-order valence-corrected chi connectivity index (χ1v) is 7.04. The first kappa shape index (κ1) is 13.7. The summed E-state index contributed by atoms with van der Waals surface area (Å²) in [5.74, 6) is 0.551. The molecule has 3 atom stereocenters. The number of likely N-dealkylation sites (tertiary alicyclic amines) is 1. The average molecular weight is 255 g/mol. The number of aliphatic hydroxyl groups excluding tert-OH is 1. The Morgan fingerprint density at radius 3 is 2.67 bits per heavy atom. The molecule has 0 aromatic carbocycles. The van der Waals surface area contributed by atoms with Crippen molar-refractivity contribution in [2.75, 3.05) is 6.54 Å². The molecule has 4 nitrogen and oxygen atoms in total. The molecule has 4 heteroatoms. The van der Waals surface area contributed by atoms with Crippen LogP contribution in [0.25, 0.3) is 0 Å². The van der Waals surface area contributed by atoms with Gasteiger partial charge in [-0.2, -0.15) is 0 Å². The van der Waals surface area contributed by atoms with Crippen LogP contribution in [0.1, 0.15) is 52.9 Å². The summed E-state index contributed by atoms with van der Waals surface area (Å²) in [6, 6.07) is 0.178. The van der Waals surface area contributed by atoms with Crippen LogP contribution in [0.3, 0.4) is 0 Å². The van der Waals surface area contributed by atoms with E-state index in [1.807, 2.05) is 25.7 Å². The summed E-state index contributed by atoms with van der Waals surface area (Å²) in [6.45, 7) is 6.44. The average Bonchev–Trinajstić information content (AvgIpc) is 2.25. The molecule has 0 radical (unpaired) electrons. The van der Waals surface area contributed by atoms with E-state index in [2.05, 4.69) is 0 Å². The van der Waals surface area contributed by atoms with Gasteiger partial charge in [-0.15, -0.1) is 0 Å². The number of carbonyl (C=O) groups is 1. The molecule has 0 spiro atoms. The Morgan fingerprint density at radius 2 is 2.00 bits per heavy atom. The number of nitrogens with zero attached hydrogens (tertiary/aromatic N) is 1. The second-order valence-corrected chi connectivity index (χ2v) is 6.61. The van der Waals surface area contributed by atoms with Crippen LogP contribution in [0.4, 0.5) is 4.79 Å². The van der Waals surface area contributed by atoms with Crippen molar-refractivity contribution in [2.24, 2.45) is 5.92 Å². The summed E-state index contributed by atoms with van der Waals surface area (Å²) < 4.78 is 5.47. The van der Waals surface area contributed by atoms with Gasteiger partial charge in [-0.1, -0.05) is 0 Å². The molecule has 104 valence electrons. The van der Waals surface area contributed by atoms with E-state index in [0.717, 1.165) is 25.8 Å². The lowest BCUT2D eigenvalue weighted by molar-refractivity contribution is -0.0256. The molecule has 1 saturated heterocycles. The van der Waals surface area contributed by atoms with E-state index in [1.165, 1.54) is 6.42 Å². The molecule has 1 aliphatic heterocycles. The minimum Gasteiger partial charge on any atom is -0.444 e. The minimum atomic E-state index is -0.447. The number of carbonyl (C=O) groups excluding carboxylic acids is 1. The molecule has 2 fully saturated rings. The number of rotatable bonds is 0. The van der Waals surface area contributed by atoms with E-state index in [4.69, 9.17) is 4.74 Å². The lowest BCUT2D eigenvalue weighted by atomic mass is 9.77. The Labute approximate surface area is 109 Å². The fraction of sp³-hybridized carbons (Fsp3) is 0.929. The number of aliphatic hydroxyl groups is 1. The Morgan fingerprint density at radius 1 is 1.28 bits per heavy atom. The fourth-order valence-electron chi connectivity index (χ4n) is 3.14. The van der Waals surface area contributed by atoms with Gasteiger partial charge in [-0.25, -0.2) is 4.79 Å². The first-order valence-electron chi connectivity index (χ1n) is 7.04. The SMILES string of the molecule is CC(C)(C)OC(=O)N1CCC[C@H]2CC[C@@H](O)C[C@H]21. The van der Waals surface area contributed by atoms with E-state index >= 15 is 0 Å². The van der Waals surface area contributed by atoms with Gasteiger partial charge in [0.05, 0.1) is 6.10 Å². The van der Waals surface area contributed by atoms with Gasteiger partial charge in [0, 0.05) is 12.6 Å². The van der Waals surface area contributed by atoms with Crippen LogP contribution in [-0.2, 0) is 4.74 Å². The van der Waals surface area contributed by atoms with Crippen LogP contribution in [0, 0.1) is 5.92 Å². The first-order chi connectivity index (χ1) is 8.37. The minimum absolute atomic E-state index is 0.178. The zero-order valence-electron chi connectivity index (χ0n) is 11.7. The third-order valence-electron chi connectivity index (χ3n) is 3.93. The molecular formula is C14H25NO3. The van der Waals surface area contributed by atoms with Crippen LogP contribution in [-0.4, -0.2) is 40.4 Å². The molecule has 1 amide bonds. The van der Waals surface area contributed by atoms with Crippen LogP contribution >= 0.6 is 0 Å². The molecule has 0 unspecified atom stereocenters. The van der Waals surface area contributed by atoms with Gasteiger partial charge in [0.25, 0.3) is 0 Å². The largest absolute Gasteiger partial charge is 0.444 e. The molecule has 1 N–H and O–H groups in total. The molecule has 0 aromatic rings. The maximum absolute atomic E-state index is 12.2. The lowest BCUT2D eigenvalue weighted by Crippen LogP contribution is -2.53. The highest BCUT2D eigenvalue weighted by molar-refractivity contribution is 5.68. The lowest BCUT2D eigenvalue weighted by Gasteiger charge is -2.45. The summed E-state index contributed by atoms with van der Waals surface area (Å²) >= 11 is 0. The Kier molecular flexibility index (Phi) is 3.85. The quantitative estimate of drug-likeness (QED) is 0.723. The van der Waals surface area contributed by atoms with Gasteiger partial charge in [-0.05, 0) is 58.8 Å². The normalized spacial score (nSPS) is 32.9. The molecule has 0 aromatic heterocycles. The number of ether oxygens (including phenoxy) is 1. The van der Waals surface area contributed by atoms with Gasteiger partial charge in [0.2, 0.25) is 0 Å². The summed E-state index contributed by atoms with van der Waals surface area (Å²) in [5.41, 5.74) is -0.447. The zero-order valence-corrected chi connectivity index (χ0v) is 11.7. The molecule has 2 rings (SSSR count). The van der Waals surface area contributed by atoms with Crippen LogP contribution in [0.15, 0.2) is 0 Å². The summed E-state index contributed by atoms with van der Waals surface area (Å²) in [4.78, 5) is 14.0. The zero-order chi connectivity index (χ0) is 13.3. The molecule has 18 heavy (non-hydrogen) atoms. The van der Waals surface area contributed by atoms with Crippen molar-refractivity contribution in [1.29, 1.82) is 0 Å². The van der Waals surface area contributed by atoms with E-state index in [1.54, 1.807) is 0 Å². The molecule has 1 heterocycles. The maximum Gasteiger partial charge on any atom is 0.410 e. The number of piperidine rings is 1. The fourth-order valence-corrected chi connectivity index (χ4v) is 3.14. The second-order valence-electron chi connectivity index (χ2n) is 6.61. The number of fused-ring (bicyclic) bond motifs is 1. The van der Waals surface area contributed by atoms with E-state index in [9.17, 15) is 9.90 Å². The third kappa shape index (κ3) is 3.16. The van der Waals surface area contributed by atoms with Crippen LogP contribution < -0.4 is 0 Å². The summed E-state index contributed by atoms with van der Waals surface area (Å²) in [6.07, 6.45) is 4.38. The smallest absolute Gasteiger partial charge is 0.410 e. The standard InChI is InChI=1S/C14H25NO3/c1-14(2,3)18-13(17)15-8-4-5-10-6-7-11(16)9-12(10)15/h10-12,16H,4-9H2,1-3H3/t10-,11+,12+/m0/s1. The third-order valence-corrected chi connectivity index (χ3v) is 3.93. The van der Waals surface area contributed by atoms with E-state index in [0.29, 0.717) is 12.3 Å². The van der Waals surface area contributed by atoms with E-state index < -0.39 is 5.60 Å². The van der Waals surface area contributed by atoms with Crippen LogP contribution in [0.2, 0.25) is 0 Å². The highest BCUT2D eigenvalue weighted by Crippen LogP contribution is 2.36. The van der Waals surface area contributed by atoms with Crippen molar-refractivity contribution in [2.45, 2.75) is 70.6 Å². The number of hydrogen-bond acceptors (Lipinski definition) is 3. The van der Waals surface area contributed by atoms with Crippen molar-refractivity contribution in [1.82, 2.24) is 4.90 Å². The van der Waals surface area contributed by atoms with Crippen molar-refractivity contribution >= 4 is 6.09 Å². The van der Waals surface area contributed by atoms with Gasteiger partial charge in [0.15, 0.2) is 0 Å². The molecule has 0 bridgehead atoms. The van der Waals surface area contributed by atoms with Crippen LogP contribution in [0.5, 0.6) is 0 Å². The highest BCUT2D eigenvalue weighted by Gasteiger charge is 2.39. The summed E-state index contributed by atoms with van der Waals surface area (Å²) in [7, 11) is 0. The van der Waals surface area contributed by atoms with Gasteiger partial charge in [0.1, 0.15) is 5.60 Å². The Balaban J connectivity index is 2.04. The molecule has 1 aliphatic carbocycles. The molecular weight excluding hydrogens is 230 g/mol. The molecule has 2 aliphatic rings. The van der Waals surface area contributed by atoms with Gasteiger partial charge < -0.3 is 14.7 Å². The van der Waals surface area contributed by atoms with E-state index in [-0.39, 0.29) is 18.2 Å². The van der Waals surface area contributed by atoms with Crippen molar-refractivity contribution < 1.29 is 14.6 Å². The monoisotopic (exact) mass is 255 g/mol. The Hall–Kier alpha value is -0.770.